The van der Waals surface area contributed by atoms with E-state index in [2.05, 4.69) is 22.2 Å². The highest BCUT2D eigenvalue weighted by atomic mass is 35.5. The molecule has 100 valence electrons. The topological polar surface area (TPSA) is 81.0 Å². The van der Waals surface area contributed by atoms with Crippen LogP contribution < -0.4 is 5.32 Å². The summed E-state index contributed by atoms with van der Waals surface area (Å²) in [6, 6.07) is 2.04. The summed E-state index contributed by atoms with van der Waals surface area (Å²) in [6.07, 6.45) is 2.03. The molecule has 6 nitrogen and oxygen atoms in total. The molecule has 0 aliphatic carbocycles. The van der Waals surface area contributed by atoms with Crippen molar-refractivity contribution in [2.45, 2.75) is 19.9 Å². The number of nitro groups is 1. The molecule has 0 fully saturated rings. The van der Waals surface area contributed by atoms with E-state index in [1.54, 1.807) is 11.3 Å². The summed E-state index contributed by atoms with van der Waals surface area (Å²) in [5, 5.41) is 15.8. The minimum atomic E-state index is -0.534. The van der Waals surface area contributed by atoms with Crippen molar-refractivity contribution >= 4 is 34.4 Å². The summed E-state index contributed by atoms with van der Waals surface area (Å²) in [6.45, 7) is 2.55. The maximum Gasteiger partial charge on any atom is 0.329 e. The summed E-state index contributed by atoms with van der Waals surface area (Å²) in [5.74, 6) is 0.139. The average molecular weight is 299 g/mol. The SMILES string of the molecule is CCc1ccsc1CNc1nc(Cl)ncc1[N+](=O)[O-]. The lowest BCUT2D eigenvalue weighted by Crippen LogP contribution is -2.05. The first-order valence-corrected chi connectivity index (χ1v) is 6.83. The molecule has 0 spiro atoms. The van der Waals surface area contributed by atoms with E-state index in [0.717, 1.165) is 17.5 Å². The minimum Gasteiger partial charge on any atom is -0.359 e. The predicted octanol–water partition coefficient (Wildman–Crippen LogP) is 3.27. The molecular formula is C11H11ClN4O2S. The van der Waals surface area contributed by atoms with E-state index < -0.39 is 4.92 Å². The average Bonchev–Trinajstić information content (AvgIpc) is 2.83. The Morgan fingerprint density at radius 1 is 1.58 bits per heavy atom. The highest BCUT2D eigenvalue weighted by molar-refractivity contribution is 7.10. The first-order chi connectivity index (χ1) is 9.11. The molecule has 0 saturated carbocycles. The molecule has 0 atom stereocenters. The monoisotopic (exact) mass is 298 g/mol. The van der Waals surface area contributed by atoms with Crippen LogP contribution in [0.3, 0.4) is 0 Å². The van der Waals surface area contributed by atoms with Crippen LogP contribution >= 0.6 is 22.9 Å². The molecule has 19 heavy (non-hydrogen) atoms. The molecule has 0 amide bonds. The molecular weight excluding hydrogens is 288 g/mol. The van der Waals surface area contributed by atoms with E-state index in [4.69, 9.17) is 11.6 Å². The Balaban J connectivity index is 2.19. The smallest absolute Gasteiger partial charge is 0.329 e. The number of hydrogen-bond donors (Lipinski definition) is 1. The van der Waals surface area contributed by atoms with E-state index in [1.807, 2.05) is 11.4 Å². The third kappa shape index (κ3) is 3.18. The van der Waals surface area contributed by atoms with Crippen molar-refractivity contribution < 1.29 is 4.92 Å². The molecule has 0 radical (unpaired) electrons. The Labute approximate surface area is 118 Å². The zero-order valence-electron chi connectivity index (χ0n) is 10.1. The van der Waals surface area contributed by atoms with Crippen molar-refractivity contribution in [3.05, 3.63) is 43.5 Å². The van der Waals surface area contributed by atoms with Gasteiger partial charge >= 0.3 is 5.69 Å². The van der Waals surface area contributed by atoms with Gasteiger partial charge in [0.2, 0.25) is 11.1 Å². The largest absolute Gasteiger partial charge is 0.359 e. The number of halogens is 1. The van der Waals surface area contributed by atoms with Gasteiger partial charge in [-0.25, -0.2) is 4.98 Å². The molecule has 2 aromatic heterocycles. The van der Waals surface area contributed by atoms with Gasteiger partial charge in [-0.05, 0) is 35.0 Å². The van der Waals surface area contributed by atoms with Crippen LogP contribution in [0, 0.1) is 10.1 Å². The van der Waals surface area contributed by atoms with E-state index in [9.17, 15) is 10.1 Å². The first-order valence-electron chi connectivity index (χ1n) is 5.58. The molecule has 2 aromatic rings. The number of hydrogen-bond acceptors (Lipinski definition) is 6. The number of anilines is 1. The van der Waals surface area contributed by atoms with E-state index in [1.165, 1.54) is 5.56 Å². The van der Waals surface area contributed by atoms with Crippen LogP contribution in [-0.4, -0.2) is 14.9 Å². The normalized spacial score (nSPS) is 10.4. The summed E-state index contributed by atoms with van der Waals surface area (Å²) in [7, 11) is 0. The highest BCUT2D eigenvalue weighted by Gasteiger charge is 2.17. The third-order valence-electron chi connectivity index (χ3n) is 2.57. The van der Waals surface area contributed by atoms with Gasteiger partial charge in [-0.3, -0.25) is 10.1 Å². The molecule has 8 heteroatoms. The molecule has 0 aromatic carbocycles. The second-order valence-electron chi connectivity index (χ2n) is 3.71. The fourth-order valence-corrected chi connectivity index (χ4v) is 2.67. The third-order valence-corrected chi connectivity index (χ3v) is 3.72. The quantitative estimate of drug-likeness (QED) is 0.520. The Morgan fingerprint density at radius 2 is 2.37 bits per heavy atom. The summed E-state index contributed by atoms with van der Waals surface area (Å²) >= 11 is 7.26. The molecule has 0 aliphatic heterocycles. The molecule has 0 saturated heterocycles. The maximum atomic E-state index is 10.9. The summed E-state index contributed by atoms with van der Waals surface area (Å²) < 4.78 is 0. The fourth-order valence-electron chi connectivity index (χ4n) is 1.62. The van der Waals surface area contributed by atoms with Crippen LogP contribution in [0.5, 0.6) is 0 Å². The lowest BCUT2D eigenvalue weighted by Gasteiger charge is -2.06. The van der Waals surface area contributed by atoms with Crippen LogP contribution in [0.4, 0.5) is 11.5 Å². The van der Waals surface area contributed by atoms with Gasteiger partial charge in [0.1, 0.15) is 6.20 Å². The van der Waals surface area contributed by atoms with Crippen LogP contribution in [0.15, 0.2) is 17.6 Å². The van der Waals surface area contributed by atoms with Gasteiger partial charge in [-0.1, -0.05) is 6.92 Å². The number of nitrogens with zero attached hydrogens (tertiary/aromatic N) is 3. The van der Waals surface area contributed by atoms with Gasteiger partial charge in [-0.2, -0.15) is 4.98 Å². The van der Waals surface area contributed by atoms with Crippen molar-refractivity contribution in [2.24, 2.45) is 0 Å². The van der Waals surface area contributed by atoms with Crippen LogP contribution in [0.1, 0.15) is 17.4 Å². The lowest BCUT2D eigenvalue weighted by atomic mass is 10.2. The number of nitrogens with one attached hydrogen (secondary N) is 1. The maximum absolute atomic E-state index is 10.9. The number of aryl methyl sites for hydroxylation is 1. The number of rotatable bonds is 5. The van der Waals surface area contributed by atoms with Crippen molar-refractivity contribution in [1.82, 2.24) is 9.97 Å². The highest BCUT2D eigenvalue weighted by Crippen LogP contribution is 2.24. The standard InChI is InChI=1S/C11H11ClN4O2S/c1-2-7-3-4-19-9(7)6-13-10-8(16(17)18)5-14-11(12)15-10/h3-5H,2,6H2,1H3,(H,13,14,15). The van der Waals surface area contributed by atoms with Crippen LogP contribution in [0.2, 0.25) is 5.28 Å². The van der Waals surface area contributed by atoms with Gasteiger partial charge < -0.3 is 5.32 Å². The van der Waals surface area contributed by atoms with Gasteiger partial charge in [0.15, 0.2) is 0 Å². The van der Waals surface area contributed by atoms with Crippen LogP contribution in [0.25, 0.3) is 0 Å². The second kappa shape index (κ2) is 5.94. The Kier molecular flexibility index (Phi) is 4.28. The minimum absolute atomic E-state index is 0.0185. The van der Waals surface area contributed by atoms with Gasteiger partial charge in [0, 0.05) is 4.88 Å². The molecule has 2 heterocycles. The van der Waals surface area contributed by atoms with Crippen LogP contribution in [-0.2, 0) is 13.0 Å². The van der Waals surface area contributed by atoms with E-state index >= 15 is 0 Å². The second-order valence-corrected chi connectivity index (χ2v) is 5.04. The molecule has 1 N–H and O–H groups in total. The Morgan fingerprint density at radius 3 is 3.05 bits per heavy atom. The number of thiophene rings is 1. The zero-order chi connectivity index (χ0) is 13.8. The van der Waals surface area contributed by atoms with E-state index in [-0.39, 0.29) is 16.8 Å². The Bertz CT molecular complexity index is 602. The van der Waals surface area contributed by atoms with Gasteiger partial charge in [0.05, 0.1) is 11.5 Å². The van der Waals surface area contributed by atoms with Crippen molar-refractivity contribution in [1.29, 1.82) is 0 Å². The molecule has 2 rings (SSSR count). The van der Waals surface area contributed by atoms with Crippen molar-refractivity contribution in [3.8, 4) is 0 Å². The Hall–Kier alpha value is -1.73. The van der Waals surface area contributed by atoms with Gasteiger partial charge in [0.25, 0.3) is 0 Å². The van der Waals surface area contributed by atoms with Crippen molar-refractivity contribution in [2.75, 3.05) is 5.32 Å². The molecule has 0 bridgehead atoms. The number of aromatic nitrogens is 2. The molecule has 0 unspecified atom stereocenters. The zero-order valence-corrected chi connectivity index (χ0v) is 11.7. The predicted molar refractivity (Wildman–Crippen MR) is 74.7 cm³/mol. The summed E-state index contributed by atoms with van der Waals surface area (Å²) in [4.78, 5) is 18.9. The fraction of sp³-hybridized carbons (Fsp3) is 0.273. The molecule has 0 aliphatic rings. The lowest BCUT2D eigenvalue weighted by molar-refractivity contribution is -0.384. The summed E-state index contributed by atoms with van der Waals surface area (Å²) in [5.41, 5.74) is 1.04. The van der Waals surface area contributed by atoms with Crippen molar-refractivity contribution in [3.63, 3.8) is 0 Å². The van der Waals surface area contributed by atoms with Gasteiger partial charge in [-0.15, -0.1) is 11.3 Å². The first kappa shape index (κ1) is 13.7. The van der Waals surface area contributed by atoms with E-state index in [0.29, 0.717) is 6.54 Å².